The van der Waals surface area contributed by atoms with E-state index >= 15 is 0 Å². The molecule has 5 N–H and O–H groups in total. The second-order valence-corrected chi connectivity index (χ2v) is 8.89. The first kappa shape index (κ1) is 22.5. The van der Waals surface area contributed by atoms with Crippen molar-refractivity contribution in [1.82, 2.24) is 20.6 Å². The molecule has 2 heterocycles. The molecule has 0 fully saturated rings. The van der Waals surface area contributed by atoms with Gasteiger partial charge in [0, 0.05) is 24.7 Å². The molecule has 3 aromatic rings. The van der Waals surface area contributed by atoms with E-state index in [1.165, 1.54) is 12.1 Å². The number of carbonyl (C=O) groups excluding carboxylic acids is 1. The highest BCUT2D eigenvalue weighted by molar-refractivity contribution is 5.88. The molecule has 2 aliphatic rings. The van der Waals surface area contributed by atoms with Crippen LogP contribution in [0.3, 0.4) is 0 Å². The predicted molar refractivity (Wildman–Crippen MR) is 123 cm³/mol. The van der Waals surface area contributed by atoms with Crippen LogP contribution in [0.4, 0.5) is 5.69 Å². The summed E-state index contributed by atoms with van der Waals surface area (Å²) in [6, 6.07) is 5.58. The van der Waals surface area contributed by atoms with Crippen molar-refractivity contribution in [3.8, 4) is 0 Å². The Morgan fingerprint density at radius 1 is 1.06 bits per heavy atom. The Bertz CT molecular complexity index is 1520. The number of amides is 1. The standard InChI is InChI=1S/C23H21N5O7/c29-20(17-6-13-5-11(23(32)33)1-2-12(13)9-24-17)25-8-10-3-14-15(4-10)19-16(7-18(14)28(34)35)26-21(30)22(31)27-19/h1-2,5,7,10,17,24H,3-4,6,8-9H2,(H,25,29)(H,26,30)(H,27,31)(H,32,33). The molecule has 0 saturated carbocycles. The Kier molecular flexibility index (Phi) is 5.44. The number of carboxylic acid groups (broad SMARTS) is 1. The summed E-state index contributed by atoms with van der Waals surface area (Å²) < 4.78 is 0. The molecule has 1 amide bonds. The number of carboxylic acids is 1. The van der Waals surface area contributed by atoms with Gasteiger partial charge in [-0.05, 0) is 54.0 Å². The van der Waals surface area contributed by atoms with Crippen LogP contribution in [0, 0.1) is 16.0 Å². The van der Waals surface area contributed by atoms with E-state index in [1.807, 2.05) is 0 Å². The van der Waals surface area contributed by atoms with E-state index in [-0.39, 0.29) is 35.1 Å². The third-order valence-corrected chi connectivity index (χ3v) is 6.70. The fourth-order valence-corrected chi connectivity index (χ4v) is 4.96. The number of nitro benzene ring substituents is 1. The number of nitrogens with one attached hydrogen (secondary N) is 4. The Labute approximate surface area is 196 Å². The van der Waals surface area contributed by atoms with Crippen molar-refractivity contribution in [3.63, 3.8) is 0 Å². The van der Waals surface area contributed by atoms with Crippen LogP contribution in [0.15, 0.2) is 33.9 Å². The van der Waals surface area contributed by atoms with Crippen LogP contribution in [-0.2, 0) is 30.6 Å². The molecule has 1 aromatic heterocycles. The van der Waals surface area contributed by atoms with Crippen molar-refractivity contribution in [2.24, 2.45) is 5.92 Å². The van der Waals surface area contributed by atoms with E-state index in [1.54, 1.807) is 12.1 Å². The Morgan fingerprint density at radius 3 is 2.54 bits per heavy atom. The molecule has 1 aliphatic heterocycles. The molecule has 0 saturated heterocycles. The van der Waals surface area contributed by atoms with Crippen LogP contribution >= 0.6 is 0 Å². The lowest BCUT2D eigenvalue weighted by Gasteiger charge is -2.26. The number of hydrogen-bond acceptors (Lipinski definition) is 7. The average molecular weight is 479 g/mol. The van der Waals surface area contributed by atoms with E-state index < -0.39 is 28.1 Å². The van der Waals surface area contributed by atoms with Crippen molar-refractivity contribution < 1.29 is 19.6 Å². The van der Waals surface area contributed by atoms with Crippen LogP contribution in [-0.4, -0.2) is 44.5 Å². The number of aromatic nitrogens is 2. The SMILES string of the molecule is O=C(O)c1ccc2c(c1)CC(C(=O)NCC1Cc3c([N+](=O)[O-])cc4[nH]c(=O)c(=O)[nH]c4c3C1)NC2. The van der Waals surface area contributed by atoms with Crippen molar-refractivity contribution in [2.75, 3.05) is 6.54 Å². The minimum atomic E-state index is -1.03. The van der Waals surface area contributed by atoms with Crippen molar-refractivity contribution in [3.05, 3.63) is 82.9 Å². The van der Waals surface area contributed by atoms with Crippen LogP contribution in [0.5, 0.6) is 0 Å². The predicted octanol–water partition coefficient (Wildman–Crippen LogP) is 0.368. The summed E-state index contributed by atoms with van der Waals surface area (Å²) in [5, 5.41) is 26.9. The number of nitro groups is 1. The van der Waals surface area contributed by atoms with Gasteiger partial charge in [-0.15, -0.1) is 0 Å². The van der Waals surface area contributed by atoms with Gasteiger partial charge >= 0.3 is 17.1 Å². The average Bonchev–Trinajstić information content (AvgIpc) is 3.26. The Hall–Kier alpha value is -4.32. The normalized spacial score (nSPS) is 18.6. The summed E-state index contributed by atoms with van der Waals surface area (Å²) in [6.45, 7) is 0.700. The first-order valence-corrected chi connectivity index (χ1v) is 11.0. The van der Waals surface area contributed by atoms with Crippen molar-refractivity contribution >= 4 is 28.6 Å². The molecule has 0 bridgehead atoms. The van der Waals surface area contributed by atoms with Crippen LogP contribution in [0.2, 0.25) is 0 Å². The van der Waals surface area contributed by atoms with Gasteiger partial charge in [-0.2, -0.15) is 0 Å². The Morgan fingerprint density at radius 2 is 1.80 bits per heavy atom. The molecule has 35 heavy (non-hydrogen) atoms. The first-order chi connectivity index (χ1) is 16.7. The molecule has 12 nitrogen and oxygen atoms in total. The zero-order valence-electron chi connectivity index (χ0n) is 18.3. The van der Waals surface area contributed by atoms with E-state index in [0.29, 0.717) is 42.5 Å². The first-order valence-electron chi connectivity index (χ1n) is 11.0. The molecular weight excluding hydrogens is 458 g/mol. The van der Waals surface area contributed by atoms with Gasteiger partial charge in [0.05, 0.1) is 27.6 Å². The molecule has 0 spiro atoms. The number of fused-ring (bicyclic) bond motifs is 4. The minimum absolute atomic E-state index is 0.135. The van der Waals surface area contributed by atoms with Crippen LogP contribution < -0.4 is 21.8 Å². The van der Waals surface area contributed by atoms with Gasteiger partial charge in [-0.25, -0.2) is 4.79 Å². The van der Waals surface area contributed by atoms with E-state index in [4.69, 9.17) is 0 Å². The third kappa shape index (κ3) is 4.08. The third-order valence-electron chi connectivity index (χ3n) is 6.70. The second kappa shape index (κ2) is 8.47. The lowest BCUT2D eigenvalue weighted by molar-refractivity contribution is -0.385. The second-order valence-electron chi connectivity index (χ2n) is 8.89. The number of rotatable bonds is 5. The fraction of sp³-hybridized carbons (Fsp3) is 0.304. The molecule has 2 unspecified atom stereocenters. The number of nitrogens with zero attached hydrogens (tertiary/aromatic N) is 1. The molecule has 2 aromatic carbocycles. The monoisotopic (exact) mass is 479 g/mol. The summed E-state index contributed by atoms with van der Waals surface area (Å²) >= 11 is 0. The molecule has 5 rings (SSSR count). The molecule has 2 atom stereocenters. The highest BCUT2D eigenvalue weighted by Gasteiger charge is 2.32. The van der Waals surface area contributed by atoms with Gasteiger partial charge in [0.2, 0.25) is 5.91 Å². The molecule has 12 heteroatoms. The minimum Gasteiger partial charge on any atom is -0.478 e. The number of aromatic amines is 2. The number of H-pyrrole nitrogens is 2. The van der Waals surface area contributed by atoms with Crippen LogP contribution in [0.25, 0.3) is 11.0 Å². The number of hydrogen-bond donors (Lipinski definition) is 5. The zero-order valence-corrected chi connectivity index (χ0v) is 18.3. The molecule has 1 aliphatic carbocycles. The van der Waals surface area contributed by atoms with Gasteiger partial charge in [0.1, 0.15) is 0 Å². The summed E-state index contributed by atoms with van der Waals surface area (Å²) in [7, 11) is 0. The van der Waals surface area contributed by atoms with Gasteiger partial charge in [-0.1, -0.05) is 6.07 Å². The largest absolute Gasteiger partial charge is 0.478 e. The quantitative estimate of drug-likeness (QED) is 0.197. The maximum absolute atomic E-state index is 12.8. The smallest absolute Gasteiger partial charge is 0.335 e. The summed E-state index contributed by atoms with van der Waals surface area (Å²) in [5.74, 6) is -1.41. The maximum Gasteiger partial charge on any atom is 0.335 e. The number of carbonyl (C=O) groups is 2. The van der Waals surface area contributed by atoms with Crippen molar-refractivity contribution in [2.45, 2.75) is 31.8 Å². The van der Waals surface area contributed by atoms with Gasteiger partial charge in [0.25, 0.3) is 5.69 Å². The van der Waals surface area contributed by atoms with Crippen molar-refractivity contribution in [1.29, 1.82) is 0 Å². The van der Waals surface area contributed by atoms with Gasteiger partial charge in [0.15, 0.2) is 0 Å². The molecule has 0 radical (unpaired) electrons. The molecule has 180 valence electrons. The van der Waals surface area contributed by atoms with Gasteiger partial charge < -0.3 is 25.7 Å². The summed E-state index contributed by atoms with van der Waals surface area (Å²) in [6.07, 6.45) is 1.07. The van der Waals surface area contributed by atoms with E-state index in [0.717, 1.165) is 11.1 Å². The Balaban J connectivity index is 1.31. The maximum atomic E-state index is 12.8. The van der Waals surface area contributed by atoms with Gasteiger partial charge in [-0.3, -0.25) is 24.5 Å². The topological polar surface area (TPSA) is 187 Å². The zero-order chi connectivity index (χ0) is 24.9. The summed E-state index contributed by atoms with van der Waals surface area (Å²) in [4.78, 5) is 63.6. The van der Waals surface area contributed by atoms with E-state index in [2.05, 4.69) is 20.6 Å². The molecular formula is C23H21N5O7. The highest BCUT2D eigenvalue weighted by Crippen LogP contribution is 2.37. The summed E-state index contributed by atoms with van der Waals surface area (Å²) in [5.41, 5.74) is 1.69. The lowest BCUT2D eigenvalue weighted by Crippen LogP contribution is -2.48. The fourth-order valence-electron chi connectivity index (χ4n) is 4.96. The number of benzene rings is 2. The lowest BCUT2D eigenvalue weighted by atomic mass is 9.93. The number of aromatic carboxylic acids is 1. The highest BCUT2D eigenvalue weighted by atomic mass is 16.6. The van der Waals surface area contributed by atoms with E-state index in [9.17, 15) is 34.4 Å². The van der Waals surface area contributed by atoms with Crippen LogP contribution in [0.1, 0.15) is 32.6 Å².